The summed E-state index contributed by atoms with van der Waals surface area (Å²) in [4.78, 5) is 38.2. The highest BCUT2D eigenvalue weighted by atomic mass is 19.1. The Bertz CT molecular complexity index is 1690. The molecule has 0 bridgehead atoms. The lowest BCUT2D eigenvalue weighted by Crippen LogP contribution is -2.44. The Morgan fingerprint density at radius 1 is 1.10 bits per heavy atom. The number of carbonyl (C=O) groups is 1. The van der Waals surface area contributed by atoms with Gasteiger partial charge in [0.05, 0.1) is 22.8 Å². The first-order valence-corrected chi connectivity index (χ1v) is 12.8. The van der Waals surface area contributed by atoms with E-state index in [0.29, 0.717) is 22.8 Å². The molecular formula is C27H29FN10O. The van der Waals surface area contributed by atoms with Crippen molar-refractivity contribution in [1.82, 2.24) is 40.0 Å². The molecule has 39 heavy (non-hydrogen) atoms. The molecule has 0 unspecified atom stereocenters. The SMILES string of the molecule is CN1CCN(c2nccc3[nH]c(-c4[nH]nc5ncc(-c6cncc(NC(=O)C(C)(C)C)c6)c(F)c45)nc23)CC1. The molecule has 0 aromatic carbocycles. The number of imidazole rings is 1. The van der Waals surface area contributed by atoms with Gasteiger partial charge in [-0.05, 0) is 19.2 Å². The Labute approximate surface area is 223 Å². The fourth-order valence-electron chi connectivity index (χ4n) is 4.59. The maximum atomic E-state index is 16.1. The predicted octanol–water partition coefficient (Wildman–Crippen LogP) is 3.83. The summed E-state index contributed by atoms with van der Waals surface area (Å²) < 4.78 is 16.1. The molecule has 1 amide bonds. The van der Waals surface area contributed by atoms with Crippen LogP contribution in [0.15, 0.2) is 36.9 Å². The Morgan fingerprint density at radius 3 is 2.67 bits per heavy atom. The van der Waals surface area contributed by atoms with Crippen molar-refractivity contribution in [3.8, 4) is 22.6 Å². The van der Waals surface area contributed by atoms with Gasteiger partial charge in [-0.1, -0.05) is 20.8 Å². The number of pyridine rings is 3. The Morgan fingerprint density at radius 2 is 1.90 bits per heavy atom. The van der Waals surface area contributed by atoms with E-state index in [4.69, 9.17) is 4.98 Å². The molecule has 1 saturated heterocycles. The standard InChI is InChI=1S/C27H29FN10O/c1-27(2,3)26(39)32-16-11-15(12-29-13-16)17-14-31-23-19(20(17)28)22(35-36-23)24-33-18-5-6-30-25(21(18)34-24)38-9-7-37(4)8-10-38/h5-6,11-14H,7-10H2,1-4H3,(H,32,39)(H,33,34)(H,31,35,36). The molecule has 1 fully saturated rings. The van der Waals surface area contributed by atoms with Crippen molar-refractivity contribution < 1.29 is 9.18 Å². The van der Waals surface area contributed by atoms with E-state index in [0.717, 1.165) is 43.0 Å². The predicted molar refractivity (Wildman–Crippen MR) is 148 cm³/mol. The minimum absolute atomic E-state index is 0.164. The maximum absolute atomic E-state index is 16.1. The molecule has 200 valence electrons. The van der Waals surface area contributed by atoms with Crippen LogP contribution in [0.3, 0.4) is 0 Å². The lowest BCUT2D eigenvalue weighted by molar-refractivity contribution is -0.123. The normalized spacial score (nSPS) is 14.8. The zero-order valence-electron chi connectivity index (χ0n) is 22.2. The van der Waals surface area contributed by atoms with E-state index in [1.807, 2.05) is 26.8 Å². The summed E-state index contributed by atoms with van der Waals surface area (Å²) in [6, 6.07) is 3.53. The third kappa shape index (κ3) is 4.56. The molecule has 5 aromatic rings. The van der Waals surface area contributed by atoms with Crippen LogP contribution in [0, 0.1) is 11.2 Å². The summed E-state index contributed by atoms with van der Waals surface area (Å²) in [5.41, 5.74) is 2.74. The van der Waals surface area contributed by atoms with E-state index in [1.54, 1.807) is 12.3 Å². The van der Waals surface area contributed by atoms with Gasteiger partial charge in [0.1, 0.15) is 17.0 Å². The van der Waals surface area contributed by atoms with Crippen molar-refractivity contribution >= 4 is 39.5 Å². The first-order chi connectivity index (χ1) is 18.7. The fraction of sp³-hybridized carbons (Fsp3) is 0.333. The quantitative estimate of drug-likeness (QED) is 0.321. The van der Waals surface area contributed by atoms with Crippen LogP contribution in [0.4, 0.5) is 15.9 Å². The molecule has 3 N–H and O–H groups in total. The highest BCUT2D eigenvalue weighted by molar-refractivity contribution is 5.97. The van der Waals surface area contributed by atoms with Crippen molar-refractivity contribution in [1.29, 1.82) is 0 Å². The average molecular weight is 529 g/mol. The van der Waals surface area contributed by atoms with Crippen LogP contribution in [0.2, 0.25) is 0 Å². The highest BCUT2D eigenvalue weighted by Crippen LogP contribution is 2.34. The smallest absolute Gasteiger partial charge is 0.229 e. The number of halogens is 1. The van der Waals surface area contributed by atoms with E-state index < -0.39 is 11.2 Å². The number of carbonyl (C=O) groups excluding carboxylic acids is 1. The largest absolute Gasteiger partial charge is 0.352 e. The van der Waals surface area contributed by atoms with E-state index in [1.165, 1.54) is 18.6 Å². The van der Waals surface area contributed by atoms with Crippen LogP contribution in [-0.2, 0) is 4.79 Å². The molecule has 6 heterocycles. The van der Waals surface area contributed by atoms with Crippen LogP contribution in [0.5, 0.6) is 0 Å². The van der Waals surface area contributed by atoms with Crippen LogP contribution in [0.1, 0.15) is 20.8 Å². The number of rotatable bonds is 4. The maximum Gasteiger partial charge on any atom is 0.229 e. The zero-order valence-corrected chi connectivity index (χ0v) is 22.2. The molecule has 0 aliphatic carbocycles. The topological polar surface area (TPSA) is 132 Å². The Kier molecular flexibility index (Phi) is 5.98. The highest BCUT2D eigenvalue weighted by Gasteiger charge is 2.24. The van der Waals surface area contributed by atoms with Gasteiger partial charge in [-0.15, -0.1) is 0 Å². The number of hydrogen-bond acceptors (Lipinski definition) is 8. The number of nitrogens with zero attached hydrogens (tertiary/aromatic N) is 7. The van der Waals surface area contributed by atoms with Gasteiger partial charge in [0.2, 0.25) is 5.91 Å². The van der Waals surface area contributed by atoms with Crippen LogP contribution >= 0.6 is 0 Å². The Balaban J connectivity index is 1.39. The van der Waals surface area contributed by atoms with Crippen molar-refractivity contribution in [2.24, 2.45) is 5.41 Å². The molecule has 0 saturated carbocycles. The third-order valence-electron chi connectivity index (χ3n) is 6.93. The zero-order chi connectivity index (χ0) is 27.3. The van der Waals surface area contributed by atoms with Gasteiger partial charge in [-0.3, -0.25) is 14.9 Å². The number of hydrogen-bond donors (Lipinski definition) is 3. The van der Waals surface area contributed by atoms with Crippen molar-refractivity contribution in [3.63, 3.8) is 0 Å². The van der Waals surface area contributed by atoms with Crippen molar-refractivity contribution in [2.75, 3.05) is 43.4 Å². The monoisotopic (exact) mass is 528 g/mol. The van der Waals surface area contributed by atoms with E-state index in [-0.39, 0.29) is 22.5 Å². The van der Waals surface area contributed by atoms with Gasteiger partial charge < -0.3 is 20.1 Å². The number of amides is 1. The summed E-state index contributed by atoms with van der Waals surface area (Å²) in [6.45, 7) is 9.04. The second-order valence-corrected chi connectivity index (χ2v) is 10.9. The van der Waals surface area contributed by atoms with Gasteiger partial charge in [-0.25, -0.2) is 19.3 Å². The molecule has 0 atom stereocenters. The molecule has 12 heteroatoms. The van der Waals surface area contributed by atoms with Gasteiger partial charge >= 0.3 is 0 Å². The number of likely N-dealkylation sites (N-methyl/N-ethyl adjacent to an activating group) is 1. The van der Waals surface area contributed by atoms with Crippen LogP contribution in [0.25, 0.3) is 44.7 Å². The third-order valence-corrected chi connectivity index (χ3v) is 6.93. The molecular weight excluding hydrogens is 499 g/mol. The van der Waals surface area contributed by atoms with Gasteiger partial charge in [0.25, 0.3) is 0 Å². The number of aromatic amines is 2. The lowest BCUT2D eigenvalue weighted by Gasteiger charge is -2.33. The summed E-state index contributed by atoms with van der Waals surface area (Å²) in [5.74, 6) is 0.565. The number of piperazine rings is 1. The molecule has 1 aliphatic rings. The molecule has 0 radical (unpaired) electrons. The lowest BCUT2D eigenvalue weighted by atomic mass is 9.95. The van der Waals surface area contributed by atoms with E-state index in [9.17, 15) is 4.79 Å². The summed E-state index contributed by atoms with van der Waals surface area (Å²) in [7, 11) is 2.10. The first kappa shape index (κ1) is 24.9. The minimum atomic E-state index is -0.584. The number of aromatic nitrogens is 7. The van der Waals surface area contributed by atoms with Gasteiger partial charge in [0, 0.05) is 61.3 Å². The van der Waals surface area contributed by atoms with E-state index in [2.05, 4.69) is 52.3 Å². The molecule has 1 aliphatic heterocycles. The molecule has 5 aromatic heterocycles. The summed E-state index contributed by atoms with van der Waals surface area (Å²) >= 11 is 0. The molecule has 6 rings (SSSR count). The number of H-pyrrole nitrogens is 2. The van der Waals surface area contributed by atoms with Gasteiger partial charge in [0.15, 0.2) is 17.3 Å². The fourth-order valence-corrected chi connectivity index (χ4v) is 4.59. The number of fused-ring (bicyclic) bond motifs is 2. The average Bonchev–Trinajstić information content (AvgIpc) is 3.54. The summed E-state index contributed by atoms with van der Waals surface area (Å²) in [6.07, 6.45) is 6.23. The van der Waals surface area contributed by atoms with Crippen molar-refractivity contribution in [3.05, 3.63) is 42.7 Å². The number of anilines is 2. The van der Waals surface area contributed by atoms with E-state index >= 15 is 4.39 Å². The second-order valence-electron chi connectivity index (χ2n) is 10.9. The van der Waals surface area contributed by atoms with Crippen molar-refractivity contribution in [2.45, 2.75) is 20.8 Å². The molecule has 0 spiro atoms. The van der Waals surface area contributed by atoms with Gasteiger partial charge in [-0.2, -0.15) is 5.10 Å². The van der Waals surface area contributed by atoms with Crippen LogP contribution in [-0.4, -0.2) is 79.2 Å². The minimum Gasteiger partial charge on any atom is -0.352 e. The second kappa shape index (κ2) is 9.38. The first-order valence-electron chi connectivity index (χ1n) is 12.8. The number of nitrogens with one attached hydrogen (secondary N) is 3. The van der Waals surface area contributed by atoms with Crippen LogP contribution < -0.4 is 10.2 Å². The Hall–Kier alpha value is -4.45. The summed E-state index contributed by atoms with van der Waals surface area (Å²) in [5, 5.41) is 10.2. The molecule has 11 nitrogen and oxygen atoms in total.